The highest BCUT2D eigenvalue weighted by molar-refractivity contribution is 7.10. The fourth-order valence-corrected chi connectivity index (χ4v) is 2.74. The molecule has 0 radical (unpaired) electrons. The van der Waals surface area contributed by atoms with Crippen molar-refractivity contribution in [3.63, 3.8) is 0 Å². The van der Waals surface area contributed by atoms with E-state index in [4.69, 9.17) is 0 Å². The maximum atomic E-state index is 12.4. The van der Waals surface area contributed by atoms with E-state index >= 15 is 0 Å². The minimum Gasteiger partial charge on any atom is -0.360 e. The summed E-state index contributed by atoms with van der Waals surface area (Å²) in [6.45, 7) is 5.87. The number of thiazole rings is 1. The molecular weight excluding hydrogens is 320 g/mol. The minimum absolute atomic E-state index is 0.106. The molecule has 2 aromatic rings. The lowest BCUT2D eigenvalue weighted by Crippen LogP contribution is -2.32. The van der Waals surface area contributed by atoms with Gasteiger partial charge < -0.3 is 10.6 Å². The molecule has 0 fully saturated rings. The lowest BCUT2D eigenvalue weighted by atomic mass is 10.1. The lowest BCUT2D eigenvalue weighted by molar-refractivity contribution is 0.0940. The van der Waals surface area contributed by atoms with Gasteiger partial charge in [-0.3, -0.25) is 4.79 Å². The monoisotopic (exact) mass is 340 g/mol. The number of hydrogen-bond donors (Lipinski definition) is 2. The van der Waals surface area contributed by atoms with E-state index in [0.717, 1.165) is 12.1 Å². The predicted molar refractivity (Wildman–Crippen MR) is 97.7 cm³/mol. The predicted octanol–water partition coefficient (Wildman–Crippen LogP) is 3.96. The van der Waals surface area contributed by atoms with Crippen molar-refractivity contribution in [2.24, 2.45) is 0 Å². The first-order valence-corrected chi connectivity index (χ1v) is 8.62. The molecule has 1 atom stereocenters. The Balaban J connectivity index is 2.22. The molecular formula is C18H20N4OS. The largest absolute Gasteiger partial charge is 0.360 e. The van der Waals surface area contributed by atoms with Crippen LogP contribution in [-0.4, -0.2) is 16.9 Å². The molecule has 0 aliphatic carbocycles. The number of rotatable bonds is 6. The van der Waals surface area contributed by atoms with Crippen molar-refractivity contribution < 1.29 is 4.79 Å². The van der Waals surface area contributed by atoms with Gasteiger partial charge in [0, 0.05) is 23.3 Å². The van der Waals surface area contributed by atoms with E-state index in [1.54, 1.807) is 12.3 Å². The summed E-state index contributed by atoms with van der Waals surface area (Å²) in [6, 6.07) is 9.47. The van der Waals surface area contributed by atoms with Gasteiger partial charge in [-0.2, -0.15) is 5.26 Å². The highest BCUT2D eigenvalue weighted by Crippen LogP contribution is 2.20. The van der Waals surface area contributed by atoms with Crippen LogP contribution in [0, 0.1) is 18.3 Å². The van der Waals surface area contributed by atoms with E-state index in [2.05, 4.69) is 21.7 Å². The van der Waals surface area contributed by atoms with Crippen LogP contribution in [0.25, 0.3) is 5.57 Å². The summed E-state index contributed by atoms with van der Waals surface area (Å²) in [5.41, 5.74) is 2.51. The quantitative estimate of drug-likeness (QED) is 0.780. The van der Waals surface area contributed by atoms with E-state index in [-0.39, 0.29) is 11.9 Å². The minimum atomic E-state index is -0.135. The summed E-state index contributed by atoms with van der Waals surface area (Å²) in [5, 5.41) is 17.9. The van der Waals surface area contributed by atoms with Crippen molar-refractivity contribution in [3.05, 3.63) is 52.1 Å². The highest BCUT2D eigenvalue weighted by Gasteiger charge is 2.13. The number of carbonyl (C=O) groups excluding carboxylic acids is 1. The van der Waals surface area contributed by atoms with Gasteiger partial charge in [0.05, 0.1) is 11.3 Å². The number of hydrogen-bond acceptors (Lipinski definition) is 5. The van der Waals surface area contributed by atoms with Crippen molar-refractivity contribution in [2.75, 3.05) is 5.32 Å². The molecule has 1 heterocycles. The van der Waals surface area contributed by atoms with Crippen LogP contribution in [0.4, 0.5) is 5.69 Å². The van der Waals surface area contributed by atoms with Crippen LogP contribution in [0.1, 0.15) is 41.3 Å². The summed E-state index contributed by atoms with van der Waals surface area (Å²) in [5.74, 6) is -0.135. The number of amides is 1. The smallest absolute Gasteiger partial charge is 0.253 e. The van der Waals surface area contributed by atoms with Crippen LogP contribution in [-0.2, 0) is 0 Å². The van der Waals surface area contributed by atoms with Crippen LogP contribution in [0.3, 0.4) is 0 Å². The normalized spacial score (nSPS) is 12.3. The van der Waals surface area contributed by atoms with Gasteiger partial charge in [-0.05, 0) is 32.4 Å². The topological polar surface area (TPSA) is 77.8 Å². The number of benzene rings is 1. The zero-order valence-electron chi connectivity index (χ0n) is 14.0. The molecule has 0 saturated heterocycles. The van der Waals surface area contributed by atoms with E-state index in [1.807, 2.05) is 44.4 Å². The Hall–Kier alpha value is -2.65. The van der Waals surface area contributed by atoms with Gasteiger partial charge in [-0.25, -0.2) is 4.98 Å². The molecule has 24 heavy (non-hydrogen) atoms. The number of carbonyl (C=O) groups is 1. The van der Waals surface area contributed by atoms with Crippen LogP contribution in [0.5, 0.6) is 0 Å². The van der Waals surface area contributed by atoms with Crippen molar-refractivity contribution in [3.8, 4) is 6.07 Å². The number of nitrogens with one attached hydrogen (secondary N) is 2. The first-order valence-electron chi connectivity index (χ1n) is 7.74. The van der Waals surface area contributed by atoms with Crippen molar-refractivity contribution >= 4 is 28.5 Å². The number of para-hydroxylation sites is 1. The molecule has 0 bridgehead atoms. The van der Waals surface area contributed by atoms with Crippen LogP contribution in [0.2, 0.25) is 0 Å². The zero-order chi connectivity index (χ0) is 17.5. The number of nitrogens with zero attached hydrogens (tertiary/aromatic N) is 2. The molecule has 0 aliphatic rings. The fourth-order valence-electron chi connectivity index (χ4n) is 1.98. The van der Waals surface area contributed by atoms with Gasteiger partial charge in [-0.15, -0.1) is 11.3 Å². The molecule has 2 rings (SSSR count). The molecule has 1 aromatic heterocycles. The van der Waals surface area contributed by atoms with Gasteiger partial charge in [-0.1, -0.05) is 19.1 Å². The number of nitriles is 1. The summed E-state index contributed by atoms with van der Waals surface area (Å²) in [4.78, 5) is 16.7. The van der Waals surface area contributed by atoms with Crippen molar-refractivity contribution in [1.29, 1.82) is 5.26 Å². The fraction of sp³-hybridized carbons (Fsp3) is 0.278. The number of aryl methyl sites for hydroxylation is 1. The Morgan fingerprint density at radius 3 is 2.83 bits per heavy atom. The van der Waals surface area contributed by atoms with Crippen LogP contribution >= 0.6 is 11.3 Å². The van der Waals surface area contributed by atoms with E-state index in [0.29, 0.717) is 21.8 Å². The Morgan fingerprint density at radius 1 is 1.46 bits per heavy atom. The molecule has 6 heteroatoms. The molecule has 0 saturated carbocycles. The number of allylic oxidation sites excluding steroid dienone is 1. The summed E-state index contributed by atoms with van der Waals surface area (Å²) >= 11 is 1.42. The molecule has 1 amide bonds. The summed E-state index contributed by atoms with van der Waals surface area (Å²) < 4.78 is 0. The highest BCUT2D eigenvalue weighted by atomic mass is 32.1. The zero-order valence-corrected chi connectivity index (χ0v) is 14.8. The molecule has 0 unspecified atom stereocenters. The first-order chi connectivity index (χ1) is 11.5. The molecule has 0 spiro atoms. The second-order valence-electron chi connectivity index (χ2n) is 5.44. The maximum Gasteiger partial charge on any atom is 0.253 e. The van der Waals surface area contributed by atoms with Gasteiger partial charge in [0.2, 0.25) is 0 Å². The average molecular weight is 340 g/mol. The van der Waals surface area contributed by atoms with E-state index < -0.39 is 0 Å². The standard InChI is InChI=1S/C18H20N4OS/c1-4-12(2)21-17(23)15-7-5-6-8-16(15)20-10-14(9-19)18-22-13(3)11-24-18/h5-8,10-12,20H,4H2,1-3H3,(H,21,23)/b14-10+/t12-/m0/s1. The first kappa shape index (κ1) is 17.7. The lowest BCUT2D eigenvalue weighted by Gasteiger charge is -2.14. The molecule has 2 N–H and O–H groups in total. The maximum absolute atomic E-state index is 12.4. The van der Waals surface area contributed by atoms with Gasteiger partial charge >= 0.3 is 0 Å². The third-order valence-electron chi connectivity index (χ3n) is 3.50. The van der Waals surface area contributed by atoms with E-state index in [1.165, 1.54) is 11.3 Å². The average Bonchev–Trinajstić information content (AvgIpc) is 3.02. The van der Waals surface area contributed by atoms with E-state index in [9.17, 15) is 10.1 Å². The molecule has 0 aliphatic heterocycles. The molecule has 124 valence electrons. The van der Waals surface area contributed by atoms with Gasteiger partial charge in [0.25, 0.3) is 5.91 Å². The second kappa shape index (κ2) is 8.27. The SMILES string of the molecule is CC[C@H](C)NC(=O)c1ccccc1N/C=C(\C#N)c1nc(C)cs1. The van der Waals surface area contributed by atoms with Crippen LogP contribution in [0.15, 0.2) is 35.8 Å². The van der Waals surface area contributed by atoms with Crippen molar-refractivity contribution in [1.82, 2.24) is 10.3 Å². The Morgan fingerprint density at radius 2 is 2.21 bits per heavy atom. The Bertz CT molecular complexity index is 788. The van der Waals surface area contributed by atoms with Gasteiger partial charge in [0.15, 0.2) is 0 Å². The van der Waals surface area contributed by atoms with Gasteiger partial charge in [0.1, 0.15) is 16.6 Å². The third-order valence-corrected chi connectivity index (χ3v) is 4.50. The molecule has 5 nitrogen and oxygen atoms in total. The Labute approximate surface area is 146 Å². The third kappa shape index (κ3) is 4.43. The summed E-state index contributed by atoms with van der Waals surface area (Å²) in [6.07, 6.45) is 2.46. The van der Waals surface area contributed by atoms with Crippen LogP contribution < -0.4 is 10.6 Å². The number of aromatic nitrogens is 1. The Kier molecular flexibility index (Phi) is 6.10. The summed E-state index contributed by atoms with van der Waals surface area (Å²) in [7, 11) is 0. The molecule has 1 aromatic carbocycles. The van der Waals surface area contributed by atoms with Crippen molar-refractivity contribution in [2.45, 2.75) is 33.2 Å². The second-order valence-corrected chi connectivity index (χ2v) is 6.29. The number of anilines is 1.